The summed E-state index contributed by atoms with van der Waals surface area (Å²) in [4.78, 5) is 37.8. The molecule has 0 bridgehead atoms. The second-order valence-corrected chi connectivity index (χ2v) is 7.68. The van der Waals surface area contributed by atoms with Crippen molar-refractivity contribution in [2.45, 2.75) is 38.6 Å². The minimum absolute atomic E-state index is 0.0402. The van der Waals surface area contributed by atoms with Gasteiger partial charge in [-0.15, -0.1) is 0 Å². The second-order valence-electron chi connectivity index (χ2n) is 7.68. The third kappa shape index (κ3) is 3.95. The van der Waals surface area contributed by atoms with Crippen LogP contribution in [0.25, 0.3) is 0 Å². The third-order valence-corrected chi connectivity index (χ3v) is 5.81. The van der Waals surface area contributed by atoms with Crippen molar-refractivity contribution in [1.82, 2.24) is 19.8 Å². The van der Waals surface area contributed by atoms with Gasteiger partial charge in [-0.05, 0) is 25.0 Å². The van der Waals surface area contributed by atoms with Gasteiger partial charge in [-0.25, -0.2) is 9.97 Å². The molecule has 3 heterocycles. The Labute approximate surface area is 170 Å². The fraction of sp³-hybridized carbons (Fsp3) is 0.455. The maximum atomic E-state index is 13.0. The number of aromatic nitrogens is 2. The van der Waals surface area contributed by atoms with E-state index in [1.807, 2.05) is 28.1 Å². The van der Waals surface area contributed by atoms with E-state index >= 15 is 0 Å². The van der Waals surface area contributed by atoms with Gasteiger partial charge in [0.05, 0.1) is 18.4 Å². The number of benzene rings is 1. The van der Waals surface area contributed by atoms with Crippen LogP contribution in [-0.2, 0) is 17.8 Å². The van der Waals surface area contributed by atoms with E-state index in [-0.39, 0.29) is 17.7 Å². The molecule has 4 rings (SSSR count). The molecule has 2 amide bonds. The van der Waals surface area contributed by atoms with Crippen LogP contribution in [0.4, 0.5) is 0 Å². The van der Waals surface area contributed by atoms with Gasteiger partial charge in [-0.3, -0.25) is 9.59 Å². The number of carbonyl (C=O) groups excluding carboxylic acids is 2. The number of hydrogen-bond acceptors (Lipinski definition) is 5. The van der Waals surface area contributed by atoms with E-state index in [1.165, 1.54) is 0 Å². The van der Waals surface area contributed by atoms with Gasteiger partial charge in [0.2, 0.25) is 5.91 Å². The summed E-state index contributed by atoms with van der Waals surface area (Å²) < 4.78 is 5.33. The van der Waals surface area contributed by atoms with Crippen molar-refractivity contribution in [2.24, 2.45) is 0 Å². The van der Waals surface area contributed by atoms with Gasteiger partial charge < -0.3 is 14.5 Å². The lowest BCUT2D eigenvalue weighted by atomic mass is 9.96. The van der Waals surface area contributed by atoms with Crippen molar-refractivity contribution in [2.75, 3.05) is 26.7 Å². The highest BCUT2D eigenvalue weighted by Gasteiger charge is 2.28. The average molecular weight is 394 g/mol. The molecular weight excluding hydrogens is 368 g/mol. The van der Waals surface area contributed by atoms with Crippen LogP contribution in [0.15, 0.2) is 30.5 Å². The van der Waals surface area contributed by atoms with Gasteiger partial charge in [0.25, 0.3) is 5.91 Å². The van der Waals surface area contributed by atoms with Gasteiger partial charge in [0, 0.05) is 57.2 Å². The third-order valence-electron chi connectivity index (χ3n) is 5.81. The van der Waals surface area contributed by atoms with E-state index < -0.39 is 0 Å². The quantitative estimate of drug-likeness (QED) is 0.799. The molecule has 7 heteroatoms. The van der Waals surface area contributed by atoms with Crippen molar-refractivity contribution >= 4 is 11.8 Å². The van der Waals surface area contributed by atoms with Gasteiger partial charge in [0.15, 0.2) is 0 Å². The maximum Gasteiger partial charge on any atom is 0.257 e. The summed E-state index contributed by atoms with van der Waals surface area (Å²) in [5.41, 5.74) is 2.57. The number of amides is 2. The van der Waals surface area contributed by atoms with Crippen LogP contribution in [0, 0.1) is 0 Å². The first kappa shape index (κ1) is 19.4. The van der Waals surface area contributed by atoms with Crippen LogP contribution in [0.5, 0.6) is 5.75 Å². The SMILES string of the molecule is COc1ccccc1C(=O)N1CCc2nc(C3CCCN(C(C)=O)C3)ncc2C1. The average Bonchev–Trinajstić information content (AvgIpc) is 2.77. The van der Waals surface area contributed by atoms with E-state index in [9.17, 15) is 9.59 Å². The van der Waals surface area contributed by atoms with Crippen LogP contribution in [0.2, 0.25) is 0 Å². The number of rotatable bonds is 3. The summed E-state index contributed by atoms with van der Waals surface area (Å²) >= 11 is 0. The molecule has 1 atom stereocenters. The molecule has 1 aromatic carbocycles. The first-order valence-corrected chi connectivity index (χ1v) is 10.1. The van der Waals surface area contributed by atoms with Crippen LogP contribution in [-0.4, -0.2) is 58.3 Å². The van der Waals surface area contributed by atoms with Crippen LogP contribution < -0.4 is 4.74 Å². The van der Waals surface area contributed by atoms with E-state index in [0.717, 1.165) is 36.5 Å². The van der Waals surface area contributed by atoms with E-state index in [0.29, 0.717) is 37.4 Å². The highest BCUT2D eigenvalue weighted by atomic mass is 16.5. The summed E-state index contributed by atoms with van der Waals surface area (Å²) in [5.74, 6) is 1.66. The molecule has 1 unspecified atom stereocenters. The van der Waals surface area contributed by atoms with Gasteiger partial charge >= 0.3 is 0 Å². The highest BCUT2D eigenvalue weighted by molar-refractivity contribution is 5.97. The van der Waals surface area contributed by atoms with Crippen LogP contribution in [0.3, 0.4) is 0 Å². The lowest BCUT2D eigenvalue weighted by Gasteiger charge is -2.32. The van der Waals surface area contributed by atoms with Gasteiger partial charge in [-0.1, -0.05) is 12.1 Å². The van der Waals surface area contributed by atoms with E-state index in [2.05, 4.69) is 4.98 Å². The van der Waals surface area contributed by atoms with Crippen LogP contribution >= 0.6 is 0 Å². The standard InChI is InChI=1S/C22H26N4O3/c1-15(27)25-10-5-6-16(13-25)21-23-12-17-14-26(11-9-19(17)24-21)22(28)18-7-3-4-8-20(18)29-2/h3-4,7-8,12,16H,5-6,9-11,13-14H2,1-2H3. The molecule has 1 fully saturated rings. The number of ether oxygens (including phenoxy) is 1. The minimum atomic E-state index is -0.0402. The van der Waals surface area contributed by atoms with Crippen LogP contribution in [0.1, 0.15) is 53.1 Å². The van der Waals surface area contributed by atoms with Crippen molar-refractivity contribution in [3.63, 3.8) is 0 Å². The summed E-state index contributed by atoms with van der Waals surface area (Å²) in [6, 6.07) is 7.29. The number of likely N-dealkylation sites (tertiary alicyclic amines) is 1. The molecule has 1 saturated heterocycles. The molecule has 2 aromatic rings. The predicted octanol–water partition coefficient (Wildman–Crippen LogP) is 2.41. The molecule has 0 N–H and O–H groups in total. The zero-order chi connectivity index (χ0) is 20.4. The zero-order valence-corrected chi connectivity index (χ0v) is 16.9. The molecule has 2 aliphatic rings. The van der Waals surface area contributed by atoms with Crippen molar-refractivity contribution in [3.8, 4) is 5.75 Å². The highest BCUT2D eigenvalue weighted by Crippen LogP contribution is 2.27. The lowest BCUT2D eigenvalue weighted by Crippen LogP contribution is -2.39. The number of para-hydroxylation sites is 1. The molecule has 0 saturated carbocycles. The summed E-state index contributed by atoms with van der Waals surface area (Å²) in [6.45, 7) is 4.23. The Morgan fingerprint density at radius 3 is 2.79 bits per heavy atom. The molecule has 0 aliphatic carbocycles. The van der Waals surface area contributed by atoms with Crippen molar-refractivity contribution < 1.29 is 14.3 Å². The molecule has 7 nitrogen and oxygen atoms in total. The van der Waals surface area contributed by atoms with Gasteiger partial charge in [-0.2, -0.15) is 0 Å². The lowest BCUT2D eigenvalue weighted by molar-refractivity contribution is -0.130. The fourth-order valence-electron chi connectivity index (χ4n) is 4.17. The molecular formula is C22H26N4O3. The number of nitrogens with zero attached hydrogens (tertiary/aromatic N) is 4. The summed E-state index contributed by atoms with van der Waals surface area (Å²) in [5, 5.41) is 0. The first-order valence-electron chi connectivity index (χ1n) is 10.1. The largest absolute Gasteiger partial charge is 0.496 e. The first-order chi connectivity index (χ1) is 14.1. The number of methoxy groups -OCH3 is 1. The molecule has 0 spiro atoms. The maximum absolute atomic E-state index is 13.0. The van der Waals surface area contributed by atoms with Gasteiger partial charge in [0.1, 0.15) is 11.6 Å². The molecule has 152 valence electrons. The molecule has 2 aliphatic heterocycles. The Morgan fingerprint density at radius 2 is 2.00 bits per heavy atom. The fourth-order valence-corrected chi connectivity index (χ4v) is 4.17. The Balaban J connectivity index is 1.50. The summed E-state index contributed by atoms with van der Waals surface area (Å²) in [6.07, 6.45) is 4.54. The van der Waals surface area contributed by atoms with Crippen molar-refractivity contribution in [1.29, 1.82) is 0 Å². The zero-order valence-electron chi connectivity index (χ0n) is 16.9. The van der Waals surface area contributed by atoms with E-state index in [4.69, 9.17) is 9.72 Å². The smallest absolute Gasteiger partial charge is 0.257 e. The Hall–Kier alpha value is -2.96. The summed E-state index contributed by atoms with van der Waals surface area (Å²) in [7, 11) is 1.57. The number of piperidine rings is 1. The number of fused-ring (bicyclic) bond motifs is 1. The van der Waals surface area contributed by atoms with Crippen molar-refractivity contribution in [3.05, 3.63) is 53.1 Å². The Bertz CT molecular complexity index is 930. The Morgan fingerprint density at radius 1 is 1.17 bits per heavy atom. The number of carbonyl (C=O) groups is 2. The molecule has 29 heavy (non-hydrogen) atoms. The predicted molar refractivity (Wildman–Crippen MR) is 108 cm³/mol. The molecule has 1 aromatic heterocycles. The molecule has 0 radical (unpaired) electrons. The van der Waals surface area contributed by atoms with E-state index in [1.54, 1.807) is 26.2 Å². The topological polar surface area (TPSA) is 75.6 Å². The Kier molecular flexibility index (Phi) is 5.47. The normalized spacial score (nSPS) is 18.9. The number of hydrogen-bond donors (Lipinski definition) is 0. The minimum Gasteiger partial charge on any atom is -0.496 e. The second kappa shape index (κ2) is 8.19. The monoisotopic (exact) mass is 394 g/mol.